The number of rotatable bonds is 2. The van der Waals surface area contributed by atoms with Crippen LogP contribution in [0.2, 0.25) is 5.02 Å². The molecule has 0 unspecified atom stereocenters. The third-order valence-electron chi connectivity index (χ3n) is 2.35. The van der Waals surface area contributed by atoms with E-state index in [1.54, 1.807) is 18.2 Å². The molecule has 2 rings (SSSR count). The quantitative estimate of drug-likeness (QED) is 0.677. The summed E-state index contributed by atoms with van der Waals surface area (Å²) in [5.74, 6) is 0.0847. The normalized spacial score (nSPS) is 9.50. The summed E-state index contributed by atoms with van der Waals surface area (Å²) in [4.78, 5) is 11.2. The van der Waals surface area contributed by atoms with Gasteiger partial charge in [-0.25, -0.2) is 4.79 Å². The molecule has 0 amide bonds. The van der Waals surface area contributed by atoms with E-state index in [2.05, 4.69) is 48.7 Å². The lowest BCUT2D eigenvalue weighted by Crippen LogP contribution is -2.03. The molecular weight excluding hydrogens is 439 g/mol. The number of carbonyl (C=O) groups is 1. The smallest absolute Gasteiger partial charge is 0.341 e. The number of aromatic hydroxyl groups is 1. The molecule has 0 spiro atoms. The summed E-state index contributed by atoms with van der Waals surface area (Å²) in [5.41, 5.74) is 0.385. The van der Waals surface area contributed by atoms with Gasteiger partial charge in [-0.3, -0.25) is 0 Å². The number of halogens is 3. The van der Waals surface area contributed by atoms with Crippen LogP contribution in [-0.4, -0.2) is 25.3 Å². The molecule has 116 valence electrons. The van der Waals surface area contributed by atoms with Gasteiger partial charge in [0.25, 0.3) is 0 Å². The first kappa shape index (κ1) is 18.8. The minimum atomic E-state index is -0.424. The van der Waals surface area contributed by atoms with Crippen LogP contribution in [0.3, 0.4) is 0 Å². The van der Waals surface area contributed by atoms with E-state index < -0.39 is 5.97 Å². The predicted molar refractivity (Wildman–Crippen MR) is 90.5 cm³/mol. The first-order chi connectivity index (χ1) is 10.4. The molecule has 4 nitrogen and oxygen atoms in total. The summed E-state index contributed by atoms with van der Waals surface area (Å²) in [6.45, 7) is 0. The minimum Gasteiger partial charge on any atom is -0.506 e. The van der Waals surface area contributed by atoms with Crippen molar-refractivity contribution in [1.82, 2.24) is 0 Å². The zero-order chi connectivity index (χ0) is 16.7. The van der Waals surface area contributed by atoms with Crippen molar-refractivity contribution < 1.29 is 19.4 Å². The van der Waals surface area contributed by atoms with Crippen LogP contribution in [0.4, 0.5) is 0 Å². The van der Waals surface area contributed by atoms with Crippen LogP contribution in [0.1, 0.15) is 10.4 Å². The maximum Gasteiger partial charge on any atom is 0.341 e. The van der Waals surface area contributed by atoms with Gasteiger partial charge in [0.2, 0.25) is 0 Å². The van der Waals surface area contributed by atoms with Gasteiger partial charge in [0.15, 0.2) is 0 Å². The number of phenolic OH excluding ortho intramolecular Hbond substituents is 1. The second-order valence-electron chi connectivity index (χ2n) is 3.77. The number of ether oxygens (including phenoxy) is 2. The van der Waals surface area contributed by atoms with Gasteiger partial charge in [-0.15, -0.1) is 0 Å². The average Bonchev–Trinajstić information content (AvgIpc) is 2.51. The van der Waals surface area contributed by atoms with E-state index in [-0.39, 0.29) is 5.75 Å². The molecule has 0 bridgehead atoms. The lowest BCUT2D eigenvalue weighted by molar-refractivity contribution is 0.0597. The van der Waals surface area contributed by atoms with Gasteiger partial charge < -0.3 is 14.6 Å². The first-order valence-corrected chi connectivity index (χ1v) is 7.74. The third kappa shape index (κ3) is 5.51. The van der Waals surface area contributed by atoms with Crippen molar-refractivity contribution in [3.8, 4) is 11.5 Å². The van der Waals surface area contributed by atoms with Crippen LogP contribution >= 0.6 is 43.5 Å². The molecule has 0 aliphatic rings. The number of methoxy groups -OCH3 is 2. The predicted octanol–water partition coefficient (Wildman–Crippen LogP) is 4.65. The van der Waals surface area contributed by atoms with Gasteiger partial charge >= 0.3 is 5.97 Å². The van der Waals surface area contributed by atoms with Gasteiger partial charge in [0.05, 0.1) is 19.2 Å². The fourth-order valence-electron chi connectivity index (χ4n) is 1.32. The number of benzene rings is 2. The Morgan fingerprint density at radius 3 is 2.27 bits per heavy atom. The van der Waals surface area contributed by atoms with Crippen molar-refractivity contribution in [3.63, 3.8) is 0 Å². The standard InChI is InChI=1S/C9H8BrO3.C6H3BrClO/c1-12-8-4-3-6(10)5-7(8)9(11)13-2;7-4-1-2-6(9)5(8)3-4/h4-5H,1-2H3;2-3,9H. The molecule has 2 aromatic rings. The molecular formula is C15H11Br2ClO4. The Morgan fingerprint density at radius 1 is 1.18 bits per heavy atom. The molecule has 0 heterocycles. The van der Waals surface area contributed by atoms with Crippen LogP contribution in [0.15, 0.2) is 33.2 Å². The number of hydrogen-bond acceptors (Lipinski definition) is 4. The number of phenols is 1. The maximum atomic E-state index is 11.2. The Kier molecular flexibility index (Phi) is 7.72. The zero-order valence-corrected chi connectivity index (χ0v) is 15.5. The Labute approximate surface area is 150 Å². The molecule has 1 N–H and O–H groups in total. The van der Waals surface area contributed by atoms with Crippen molar-refractivity contribution in [2.24, 2.45) is 0 Å². The van der Waals surface area contributed by atoms with Gasteiger partial charge in [-0.05, 0) is 24.3 Å². The molecule has 0 atom stereocenters. The van der Waals surface area contributed by atoms with Crippen LogP contribution in [0, 0.1) is 12.1 Å². The minimum absolute atomic E-state index is 0.0554. The average molecular weight is 451 g/mol. The molecule has 7 heteroatoms. The Balaban J connectivity index is 0.000000235. The molecule has 0 aliphatic carbocycles. The molecule has 0 saturated carbocycles. The van der Waals surface area contributed by atoms with Crippen LogP contribution in [0.25, 0.3) is 0 Å². The van der Waals surface area contributed by atoms with Gasteiger partial charge in [0.1, 0.15) is 17.1 Å². The van der Waals surface area contributed by atoms with E-state index in [0.29, 0.717) is 20.8 Å². The van der Waals surface area contributed by atoms with Gasteiger partial charge in [-0.2, -0.15) is 0 Å². The second kappa shape index (κ2) is 9.02. The van der Waals surface area contributed by atoms with E-state index in [9.17, 15) is 4.79 Å². The third-order valence-corrected chi connectivity index (χ3v) is 3.57. The van der Waals surface area contributed by atoms with Crippen LogP contribution in [-0.2, 0) is 4.74 Å². The van der Waals surface area contributed by atoms with Crippen molar-refractivity contribution in [3.05, 3.63) is 55.9 Å². The molecule has 0 aromatic heterocycles. The highest BCUT2D eigenvalue weighted by molar-refractivity contribution is 9.10. The van der Waals surface area contributed by atoms with E-state index >= 15 is 0 Å². The van der Waals surface area contributed by atoms with E-state index in [4.69, 9.17) is 21.4 Å². The molecule has 0 aliphatic heterocycles. The lowest BCUT2D eigenvalue weighted by atomic mass is 10.2. The molecule has 0 fully saturated rings. The molecule has 0 saturated heterocycles. The summed E-state index contributed by atoms with van der Waals surface area (Å²) in [5, 5.41) is 9.19. The number of carbonyl (C=O) groups excluding carboxylic acids is 1. The second-order valence-corrected chi connectivity index (χ2v) is 5.88. The Bertz CT molecular complexity index is 662. The zero-order valence-electron chi connectivity index (χ0n) is 11.6. The Morgan fingerprint density at radius 2 is 1.77 bits per heavy atom. The number of esters is 1. The highest BCUT2D eigenvalue weighted by Crippen LogP contribution is 2.25. The van der Waals surface area contributed by atoms with Crippen molar-refractivity contribution >= 4 is 49.4 Å². The summed E-state index contributed by atoms with van der Waals surface area (Å²) in [6, 6.07) is 11.7. The largest absolute Gasteiger partial charge is 0.506 e. The van der Waals surface area contributed by atoms with Crippen molar-refractivity contribution in [2.75, 3.05) is 14.2 Å². The maximum absolute atomic E-state index is 11.2. The number of hydrogen-bond donors (Lipinski definition) is 1. The van der Waals surface area contributed by atoms with Crippen molar-refractivity contribution in [1.29, 1.82) is 0 Å². The fourth-order valence-corrected chi connectivity index (χ4v) is 2.31. The van der Waals surface area contributed by atoms with E-state index in [0.717, 1.165) is 4.47 Å². The summed E-state index contributed by atoms with van der Waals surface area (Å²) >= 11 is 11.9. The summed E-state index contributed by atoms with van der Waals surface area (Å²) in [6.07, 6.45) is 0. The van der Waals surface area contributed by atoms with Gasteiger partial charge in [0, 0.05) is 21.1 Å². The van der Waals surface area contributed by atoms with Crippen LogP contribution < -0.4 is 4.74 Å². The summed E-state index contributed by atoms with van der Waals surface area (Å²) < 4.78 is 11.0. The topological polar surface area (TPSA) is 55.8 Å². The monoisotopic (exact) mass is 448 g/mol. The van der Waals surface area contributed by atoms with Crippen LogP contribution in [0.5, 0.6) is 11.5 Å². The van der Waals surface area contributed by atoms with Gasteiger partial charge in [-0.1, -0.05) is 43.5 Å². The first-order valence-electron chi connectivity index (χ1n) is 5.78. The fraction of sp³-hybridized carbons (Fsp3) is 0.133. The van der Waals surface area contributed by atoms with E-state index in [1.807, 2.05) is 0 Å². The molecule has 2 radical (unpaired) electrons. The van der Waals surface area contributed by atoms with E-state index in [1.165, 1.54) is 20.3 Å². The molecule has 2 aromatic carbocycles. The highest BCUT2D eigenvalue weighted by atomic mass is 79.9. The van der Waals surface area contributed by atoms with Crippen molar-refractivity contribution in [2.45, 2.75) is 0 Å². The SMILES string of the molecule is COC(=O)c1cc(Br)[c]cc1OC.Oc1c[c]c(Br)cc1Cl. The summed E-state index contributed by atoms with van der Waals surface area (Å²) in [7, 11) is 2.82. The molecule has 22 heavy (non-hydrogen) atoms. The highest BCUT2D eigenvalue weighted by Gasteiger charge is 2.12. The Hall–Kier alpha value is -1.24. The lowest BCUT2D eigenvalue weighted by Gasteiger charge is -2.05.